The van der Waals surface area contributed by atoms with Gasteiger partial charge in [-0.2, -0.15) is 0 Å². The molecule has 1 aliphatic rings. The molecule has 5 rings (SSSR count). The van der Waals surface area contributed by atoms with Gasteiger partial charge in [0.2, 0.25) is 11.7 Å². The highest BCUT2D eigenvalue weighted by atomic mass is 16.5. The number of primary amides is 1. The van der Waals surface area contributed by atoms with E-state index in [1.54, 1.807) is 6.08 Å². The molecule has 7 nitrogen and oxygen atoms in total. The number of amides is 1. The predicted octanol–water partition coefficient (Wildman–Crippen LogP) is 3.82. The molecule has 4 N–H and O–H groups in total. The first-order valence-corrected chi connectivity index (χ1v) is 9.89. The van der Waals surface area contributed by atoms with Crippen LogP contribution < -0.4 is 10.5 Å². The molecule has 0 spiro atoms. The molecule has 158 valence electrons. The Hall–Kier alpha value is -4.52. The fraction of sp³-hybridized carbons (Fsp3) is 0.0400. The molecule has 32 heavy (non-hydrogen) atoms. The summed E-state index contributed by atoms with van der Waals surface area (Å²) in [5.41, 5.74) is 8.53. The second-order valence-corrected chi connectivity index (χ2v) is 7.48. The van der Waals surface area contributed by atoms with Crippen molar-refractivity contribution in [3.63, 3.8) is 0 Å². The Kier molecular flexibility index (Phi) is 4.44. The van der Waals surface area contributed by atoms with Gasteiger partial charge in [0.25, 0.3) is 0 Å². The predicted molar refractivity (Wildman–Crippen MR) is 119 cm³/mol. The molecule has 0 unspecified atom stereocenters. The van der Waals surface area contributed by atoms with Crippen LogP contribution in [0.4, 0.5) is 0 Å². The summed E-state index contributed by atoms with van der Waals surface area (Å²) >= 11 is 0. The molecule has 0 bridgehead atoms. The molecule has 4 aromatic rings. The van der Waals surface area contributed by atoms with Gasteiger partial charge in [-0.15, -0.1) is 0 Å². The number of carbonyl (C=O) groups excluding carboxylic acids is 2. The molecule has 1 aliphatic heterocycles. The average molecular weight is 426 g/mol. The molecular weight excluding hydrogens is 408 g/mol. The normalized spacial score (nSPS) is 14.0. The summed E-state index contributed by atoms with van der Waals surface area (Å²) in [5.74, 6) is -1.47. The van der Waals surface area contributed by atoms with Gasteiger partial charge in [0.1, 0.15) is 29.4 Å². The van der Waals surface area contributed by atoms with E-state index in [0.29, 0.717) is 11.3 Å². The Morgan fingerprint density at radius 3 is 2.50 bits per heavy atom. The summed E-state index contributed by atoms with van der Waals surface area (Å²) < 4.78 is 7.52. The number of phenols is 2. The minimum atomic E-state index is -0.497. The summed E-state index contributed by atoms with van der Waals surface area (Å²) in [6.07, 6.45) is 1.60. The zero-order chi connectivity index (χ0) is 22.4. The van der Waals surface area contributed by atoms with Crippen LogP contribution >= 0.6 is 0 Å². The summed E-state index contributed by atoms with van der Waals surface area (Å²) in [6.45, 7) is -0.0440. The summed E-state index contributed by atoms with van der Waals surface area (Å²) in [6, 6.07) is 19.3. The van der Waals surface area contributed by atoms with Gasteiger partial charge in [-0.25, -0.2) is 0 Å². The zero-order valence-electron chi connectivity index (χ0n) is 16.8. The van der Waals surface area contributed by atoms with Crippen molar-refractivity contribution in [3.05, 3.63) is 83.6 Å². The Morgan fingerprint density at radius 2 is 1.75 bits per heavy atom. The second kappa shape index (κ2) is 7.31. The van der Waals surface area contributed by atoms with E-state index in [-0.39, 0.29) is 35.1 Å². The molecule has 0 aliphatic carbocycles. The number of aromatic hydroxyl groups is 2. The van der Waals surface area contributed by atoms with Gasteiger partial charge in [0, 0.05) is 28.6 Å². The second-order valence-electron chi connectivity index (χ2n) is 7.48. The number of carbonyl (C=O) groups is 2. The van der Waals surface area contributed by atoms with E-state index in [1.807, 2.05) is 59.2 Å². The van der Waals surface area contributed by atoms with Crippen LogP contribution in [0.2, 0.25) is 0 Å². The van der Waals surface area contributed by atoms with Crippen LogP contribution in [0.25, 0.3) is 28.2 Å². The third kappa shape index (κ3) is 3.07. The average Bonchev–Trinajstić information content (AvgIpc) is 3.23. The first-order chi connectivity index (χ1) is 15.4. The third-order valence-corrected chi connectivity index (χ3v) is 5.38. The van der Waals surface area contributed by atoms with Gasteiger partial charge in [-0.05, 0) is 17.7 Å². The maximum atomic E-state index is 13.0. The van der Waals surface area contributed by atoms with Crippen molar-refractivity contribution in [2.75, 3.05) is 0 Å². The number of rotatable bonds is 4. The van der Waals surface area contributed by atoms with Gasteiger partial charge >= 0.3 is 0 Å². The van der Waals surface area contributed by atoms with Crippen LogP contribution in [-0.2, 0) is 11.3 Å². The van der Waals surface area contributed by atoms with Crippen molar-refractivity contribution in [1.82, 2.24) is 4.57 Å². The zero-order valence-corrected chi connectivity index (χ0v) is 16.8. The number of fused-ring (bicyclic) bond motifs is 2. The van der Waals surface area contributed by atoms with Crippen molar-refractivity contribution in [2.45, 2.75) is 6.54 Å². The topological polar surface area (TPSA) is 115 Å². The fourth-order valence-corrected chi connectivity index (χ4v) is 4.11. The minimum absolute atomic E-state index is 0.0000548. The lowest BCUT2D eigenvalue weighted by atomic mass is 10.0. The number of nitrogens with two attached hydrogens (primary N) is 1. The molecule has 1 aromatic heterocycles. The van der Waals surface area contributed by atoms with Crippen molar-refractivity contribution in [1.29, 1.82) is 0 Å². The number of ether oxygens (including phenoxy) is 1. The van der Waals surface area contributed by atoms with Crippen LogP contribution in [0.3, 0.4) is 0 Å². The van der Waals surface area contributed by atoms with E-state index < -0.39 is 11.7 Å². The number of nitrogens with zero attached hydrogens (tertiary/aromatic N) is 1. The van der Waals surface area contributed by atoms with Crippen molar-refractivity contribution >= 4 is 28.7 Å². The van der Waals surface area contributed by atoms with E-state index in [9.17, 15) is 19.8 Å². The van der Waals surface area contributed by atoms with E-state index in [4.69, 9.17) is 10.5 Å². The monoisotopic (exact) mass is 426 g/mol. The molecule has 3 aromatic carbocycles. The molecule has 0 atom stereocenters. The standard InChI is InChI=1S/C25H18N2O5/c26-22(30)13-27-18-9-5-4-8-16(18)17(24(27)14-6-2-1-3-7-14)12-21-25(31)23-19(29)10-15(28)11-20(23)32-21/h1-12,28-29H,13H2,(H2,26,30). The quantitative estimate of drug-likeness (QED) is 0.429. The highest BCUT2D eigenvalue weighted by Gasteiger charge is 2.32. The molecule has 0 fully saturated rings. The number of ketones is 1. The van der Waals surface area contributed by atoms with Crippen LogP contribution in [0.5, 0.6) is 17.2 Å². The van der Waals surface area contributed by atoms with Crippen LogP contribution in [-0.4, -0.2) is 26.5 Å². The lowest BCUT2D eigenvalue weighted by molar-refractivity contribution is -0.118. The number of Topliss-reactive ketones (excluding diaryl/α,β-unsaturated/α-hetero) is 1. The number of hydrogen-bond acceptors (Lipinski definition) is 5. The largest absolute Gasteiger partial charge is 0.508 e. The van der Waals surface area contributed by atoms with Gasteiger partial charge < -0.3 is 25.3 Å². The number of para-hydroxylation sites is 1. The van der Waals surface area contributed by atoms with Gasteiger partial charge in [-0.3, -0.25) is 9.59 Å². The molecule has 0 saturated carbocycles. The van der Waals surface area contributed by atoms with Crippen LogP contribution in [0.15, 0.2) is 72.5 Å². The van der Waals surface area contributed by atoms with E-state index in [2.05, 4.69) is 0 Å². The number of allylic oxidation sites excluding steroid dienone is 1. The molecule has 0 radical (unpaired) electrons. The summed E-state index contributed by atoms with van der Waals surface area (Å²) in [7, 11) is 0. The minimum Gasteiger partial charge on any atom is -0.508 e. The smallest absolute Gasteiger partial charge is 0.237 e. The van der Waals surface area contributed by atoms with Crippen molar-refractivity contribution < 1.29 is 24.5 Å². The summed E-state index contributed by atoms with van der Waals surface area (Å²) in [5, 5.41) is 20.7. The summed E-state index contributed by atoms with van der Waals surface area (Å²) in [4.78, 5) is 24.9. The van der Waals surface area contributed by atoms with Gasteiger partial charge in [0.15, 0.2) is 5.76 Å². The lowest BCUT2D eigenvalue weighted by Crippen LogP contribution is -2.19. The van der Waals surface area contributed by atoms with Crippen molar-refractivity contribution in [2.24, 2.45) is 5.73 Å². The Bertz CT molecular complexity index is 1430. The van der Waals surface area contributed by atoms with Gasteiger partial charge in [0.05, 0.1) is 5.69 Å². The number of aromatic nitrogens is 1. The SMILES string of the molecule is NC(=O)Cn1c(-c2ccccc2)c(C=C2Oc3cc(O)cc(O)c3C2=O)c2ccccc21. The molecule has 0 saturated heterocycles. The lowest BCUT2D eigenvalue weighted by Gasteiger charge is -2.10. The molecule has 7 heteroatoms. The number of phenolic OH excluding ortho intramolecular Hbond substituents is 2. The Balaban J connectivity index is 1.77. The third-order valence-electron chi connectivity index (χ3n) is 5.38. The first-order valence-electron chi connectivity index (χ1n) is 9.89. The number of hydrogen-bond donors (Lipinski definition) is 3. The fourth-order valence-electron chi connectivity index (χ4n) is 4.11. The number of benzene rings is 3. The van der Waals surface area contributed by atoms with E-state index >= 15 is 0 Å². The van der Waals surface area contributed by atoms with Crippen LogP contribution in [0.1, 0.15) is 15.9 Å². The maximum absolute atomic E-state index is 13.0. The Labute approximate surface area is 182 Å². The molecular formula is C25H18N2O5. The first kappa shape index (κ1) is 19.4. The maximum Gasteiger partial charge on any atom is 0.237 e. The van der Waals surface area contributed by atoms with Gasteiger partial charge in [-0.1, -0.05) is 48.5 Å². The van der Waals surface area contributed by atoms with E-state index in [1.165, 1.54) is 6.07 Å². The molecule has 1 amide bonds. The highest BCUT2D eigenvalue weighted by molar-refractivity contribution is 6.17. The van der Waals surface area contributed by atoms with E-state index in [0.717, 1.165) is 22.5 Å². The van der Waals surface area contributed by atoms with Crippen LogP contribution in [0, 0.1) is 0 Å². The highest BCUT2D eigenvalue weighted by Crippen LogP contribution is 2.42. The Morgan fingerprint density at radius 1 is 1.03 bits per heavy atom. The van der Waals surface area contributed by atoms with Crippen molar-refractivity contribution in [3.8, 4) is 28.5 Å². The molecule has 2 heterocycles.